The van der Waals surface area contributed by atoms with Gasteiger partial charge >= 0.3 is 6.18 Å². The largest absolute Gasteiger partial charge is 0.405 e. The van der Waals surface area contributed by atoms with Gasteiger partial charge in [0.15, 0.2) is 5.96 Å². The summed E-state index contributed by atoms with van der Waals surface area (Å²) in [5.41, 5.74) is 0. The SMILES string of the molecule is CC(C)C1CCCCC1C1NCC2C(N1)N(CC1CCC(C3NCC(C(F)(F)F)N3)CC1O)C(=N)N2C. The highest BCUT2D eigenvalue weighted by Gasteiger charge is 2.50. The fourth-order valence-electron chi connectivity index (χ4n) is 7.86. The molecular formula is C26H46F3N7O. The maximum Gasteiger partial charge on any atom is 0.405 e. The van der Waals surface area contributed by atoms with Gasteiger partial charge in [-0.3, -0.25) is 26.7 Å². The highest BCUT2D eigenvalue weighted by molar-refractivity contribution is 5.80. The van der Waals surface area contributed by atoms with Crippen LogP contribution in [0.15, 0.2) is 0 Å². The van der Waals surface area contributed by atoms with Crippen LogP contribution in [0, 0.1) is 35.0 Å². The van der Waals surface area contributed by atoms with Crippen LogP contribution in [0.25, 0.3) is 0 Å². The van der Waals surface area contributed by atoms with Crippen molar-refractivity contribution < 1.29 is 18.3 Å². The van der Waals surface area contributed by atoms with E-state index in [9.17, 15) is 18.3 Å². The summed E-state index contributed by atoms with van der Waals surface area (Å²) >= 11 is 0. The first-order chi connectivity index (χ1) is 17.5. The van der Waals surface area contributed by atoms with Crippen molar-refractivity contribution in [1.82, 2.24) is 31.1 Å². The number of rotatable bonds is 5. The lowest BCUT2D eigenvalue weighted by molar-refractivity contribution is -0.150. The molecule has 0 amide bonds. The van der Waals surface area contributed by atoms with E-state index in [1.807, 2.05) is 11.9 Å². The van der Waals surface area contributed by atoms with Crippen molar-refractivity contribution in [1.29, 1.82) is 5.41 Å². The molecule has 0 aromatic rings. The first-order valence-corrected chi connectivity index (χ1v) is 14.4. The molecule has 3 saturated heterocycles. The fraction of sp³-hybridized carbons (Fsp3) is 0.962. The first kappa shape index (κ1) is 27.4. The van der Waals surface area contributed by atoms with Gasteiger partial charge in [0.25, 0.3) is 0 Å². The Labute approximate surface area is 219 Å². The van der Waals surface area contributed by atoms with Gasteiger partial charge in [-0.1, -0.05) is 26.7 Å². The fourth-order valence-corrected chi connectivity index (χ4v) is 7.86. The van der Waals surface area contributed by atoms with Crippen LogP contribution in [0.1, 0.15) is 58.8 Å². The molecular weight excluding hydrogens is 483 g/mol. The summed E-state index contributed by atoms with van der Waals surface area (Å²) < 4.78 is 39.3. The first-order valence-electron chi connectivity index (χ1n) is 14.4. The Bertz CT molecular complexity index is 814. The summed E-state index contributed by atoms with van der Waals surface area (Å²) in [4.78, 5) is 4.16. The number of nitrogens with zero attached hydrogens (tertiary/aromatic N) is 2. The maximum atomic E-state index is 13.1. The molecule has 2 aliphatic carbocycles. The molecule has 0 spiro atoms. The summed E-state index contributed by atoms with van der Waals surface area (Å²) in [7, 11) is 1.98. The van der Waals surface area contributed by atoms with E-state index in [-0.39, 0.29) is 36.8 Å². The monoisotopic (exact) mass is 529 g/mol. The highest BCUT2D eigenvalue weighted by Crippen LogP contribution is 2.39. The molecule has 0 bridgehead atoms. The van der Waals surface area contributed by atoms with Gasteiger partial charge in [0.1, 0.15) is 12.2 Å². The molecule has 10 unspecified atom stereocenters. The number of alkyl halides is 3. The minimum atomic E-state index is -4.26. The Morgan fingerprint density at radius 3 is 2.43 bits per heavy atom. The molecule has 6 N–H and O–H groups in total. The zero-order valence-electron chi connectivity index (χ0n) is 22.4. The number of fused-ring (bicyclic) bond motifs is 1. The Morgan fingerprint density at radius 1 is 1.03 bits per heavy atom. The molecule has 3 heterocycles. The van der Waals surface area contributed by atoms with E-state index in [4.69, 9.17) is 5.41 Å². The summed E-state index contributed by atoms with van der Waals surface area (Å²) in [6.45, 7) is 5.96. The second-order valence-electron chi connectivity index (χ2n) is 12.6. The van der Waals surface area contributed by atoms with Crippen LogP contribution < -0.4 is 21.3 Å². The molecule has 11 heteroatoms. The van der Waals surface area contributed by atoms with E-state index in [2.05, 4.69) is 40.0 Å². The van der Waals surface area contributed by atoms with Crippen LogP contribution >= 0.6 is 0 Å². The van der Waals surface area contributed by atoms with Crippen LogP contribution in [0.3, 0.4) is 0 Å². The summed E-state index contributed by atoms with van der Waals surface area (Å²) in [5.74, 6) is 2.35. The quantitative estimate of drug-likeness (QED) is 0.325. The lowest BCUT2D eigenvalue weighted by Crippen LogP contribution is -2.67. The van der Waals surface area contributed by atoms with E-state index in [1.54, 1.807) is 0 Å². The summed E-state index contributed by atoms with van der Waals surface area (Å²) in [5, 5.41) is 33.2. The van der Waals surface area contributed by atoms with Crippen LogP contribution in [0.5, 0.6) is 0 Å². The van der Waals surface area contributed by atoms with Gasteiger partial charge in [0, 0.05) is 32.6 Å². The molecule has 10 atom stereocenters. The average Bonchev–Trinajstić information content (AvgIpc) is 3.45. The van der Waals surface area contributed by atoms with E-state index < -0.39 is 24.5 Å². The highest BCUT2D eigenvalue weighted by atomic mass is 19.4. The van der Waals surface area contributed by atoms with E-state index in [1.165, 1.54) is 25.7 Å². The molecule has 0 aromatic heterocycles. The third kappa shape index (κ3) is 5.48. The maximum absolute atomic E-state index is 13.1. The van der Waals surface area contributed by atoms with Crippen molar-refractivity contribution in [2.45, 2.75) is 102 Å². The standard InChI is InChI=1S/C26H46F3N7O/c1-14(2)17-6-4-5-7-18(17)23-31-11-19-24(34-23)36(25(30)35(19)3)13-16-9-8-15(10-20(16)37)22-32-12-21(33-22)26(27,28)29/h14-24,30-34,37H,4-13H2,1-3H3. The molecule has 8 nitrogen and oxygen atoms in total. The number of halogens is 3. The van der Waals surface area contributed by atoms with Crippen LogP contribution in [0.2, 0.25) is 0 Å². The van der Waals surface area contributed by atoms with Crippen molar-refractivity contribution in [3.63, 3.8) is 0 Å². The van der Waals surface area contributed by atoms with Crippen LogP contribution in [-0.2, 0) is 0 Å². The molecule has 3 aliphatic heterocycles. The zero-order valence-corrected chi connectivity index (χ0v) is 22.4. The van der Waals surface area contributed by atoms with Crippen molar-refractivity contribution >= 4 is 5.96 Å². The molecule has 5 aliphatic rings. The van der Waals surface area contributed by atoms with Crippen molar-refractivity contribution in [3.05, 3.63) is 0 Å². The van der Waals surface area contributed by atoms with Gasteiger partial charge in [-0.25, -0.2) is 0 Å². The van der Waals surface area contributed by atoms with E-state index >= 15 is 0 Å². The third-order valence-corrected chi connectivity index (χ3v) is 10.1. The predicted octanol–water partition coefficient (Wildman–Crippen LogP) is 2.07. The van der Waals surface area contributed by atoms with Crippen molar-refractivity contribution in [2.75, 3.05) is 26.7 Å². The number of aliphatic hydroxyl groups is 1. The predicted molar refractivity (Wildman–Crippen MR) is 137 cm³/mol. The van der Waals surface area contributed by atoms with E-state index in [0.29, 0.717) is 36.7 Å². The lowest BCUT2D eigenvalue weighted by atomic mass is 9.71. The molecule has 37 heavy (non-hydrogen) atoms. The molecule has 0 aromatic carbocycles. The zero-order chi connectivity index (χ0) is 26.5. The average molecular weight is 530 g/mol. The number of hydrogen-bond donors (Lipinski definition) is 6. The van der Waals surface area contributed by atoms with Gasteiger partial charge in [-0.2, -0.15) is 13.2 Å². The number of likely N-dealkylation sites (N-methyl/N-ethyl adjacent to an activating group) is 1. The Hall–Kier alpha value is -1.14. The Kier molecular flexibility index (Phi) is 8.00. The molecule has 0 radical (unpaired) electrons. The van der Waals surface area contributed by atoms with Gasteiger partial charge < -0.3 is 14.9 Å². The van der Waals surface area contributed by atoms with Crippen molar-refractivity contribution in [2.24, 2.45) is 29.6 Å². The van der Waals surface area contributed by atoms with Crippen LogP contribution in [-0.4, -0.2) is 90.4 Å². The number of guanidine groups is 1. The molecule has 5 rings (SSSR count). The van der Waals surface area contributed by atoms with Crippen LogP contribution in [0.4, 0.5) is 13.2 Å². The Balaban J connectivity index is 1.21. The van der Waals surface area contributed by atoms with Crippen molar-refractivity contribution in [3.8, 4) is 0 Å². The molecule has 5 fully saturated rings. The van der Waals surface area contributed by atoms with Gasteiger partial charge in [0.05, 0.1) is 24.5 Å². The van der Waals surface area contributed by atoms with Gasteiger partial charge in [0.2, 0.25) is 0 Å². The van der Waals surface area contributed by atoms with E-state index in [0.717, 1.165) is 19.4 Å². The second-order valence-corrected chi connectivity index (χ2v) is 12.6. The number of aliphatic hydroxyl groups excluding tert-OH is 1. The molecule has 212 valence electrons. The smallest absolute Gasteiger partial charge is 0.393 e. The summed E-state index contributed by atoms with van der Waals surface area (Å²) in [6.07, 6.45) is 2.02. The number of nitrogens with one attached hydrogen (secondary N) is 5. The van der Waals surface area contributed by atoms with Gasteiger partial charge in [-0.15, -0.1) is 0 Å². The third-order valence-electron chi connectivity index (χ3n) is 10.1. The topological polar surface area (TPSA) is 98.7 Å². The minimum Gasteiger partial charge on any atom is -0.393 e. The minimum absolute atomic E-state index is 0.00297. The lowest BCUT2D eigenvalue weighted by Gasteiger charge is -2.46. The second kappa shape index (κ2) is 10.8. The Morgan fingerprint density at radius 2 is 1.76 bits per heavy atom. The normalized spacial score (nSPS) is 43.5. The number of hydrogen-bond acceptors (Lipinski definition) is 6. The van der Waals surface area contributed by atoms with Gasteiger partial charge in [-0.05, 0) is 55.8 Å². The molecule has 2 saturated carbocycles. The summed E-state index contributed by atoms with van der Waals surface area (Å²) in [6, 6.07) is -1.37.